The van der Waals surface area contributed by atoms with E-state index in [0.29, 0.717) is 13.1 Å². The van der Waals surface area contributed by atoms with Gasteiger partial charge >= 0.3 is 5.97 Å². The first-order chi connectivity index (χ1) is 10.2. The van der Waals surface area contributed by atoms with Gasteiger partial charge < -0.3 is 16.2 Å². The van der Waals surface area contributed by atoms with Crippen LogP contribution in [0.15, 0.2) is 0 Å². The van der Waals surface area contributed by atoms with E-state index < -0.39 is 18.1 Å². The summed E-state index contributed by atoms with van der Waals surface area (Å²) in [5, 5.41) is 11.7. The number of rotatable bonds is 11. The summed E-state index contributed by atoms with van der Waals surface area (Å²) >= 11 is 0. The molecule has 0 radical (unpaired) electrons. The number of carboxylic acids is 1. The maximum absolute atomic E-state index is 11.8. The Balaban J connectivity index is 3.85. The quantitative estimate of drug-likeness (QED) is 0.470. The highest BCUT2D eigenvalue weighted by atomic mass is 16.4. The van der Waals surface area contributed by atoms with Gasteiger partial charge in [-0.15, -0.1) is 0 Å². The van der Waals surface area contributed by atoms with Crippen molar-refractivity contribution in [2.45, 2.75) is 52.1 Å². The smallest absolute Gasteiger partial charge is 0.320 e. The molecule has 7 heteroatoms. The van der Waals surface area contributed by atoms with E-state index in [1.54, 1.807) is 32.7 Å². The van der Waals surface area contributed by atoms with E-state index in [0.717, 1.165) is 12.8 Å². The standard InChI is InChI=1S/C15H29N3O4/c1-10(9-13(19)11(2)16)14(20)17-7-5-6-8-18(4)12(3)15(21)22/h10-12H,5-9,16H2,1-4H3,(H,17,20)(H,21,22). The second kappa shape index (κ2) is 10.3. The Labute approximate surface area is 132 Å². The molecule has 3 unspecified atom stereocenters. The Morgan fingerprint density at radius 1 is 1.18 bits per heavy atom. The molecule has 0 aliphatic rings. The zero-order valence-corrected chi connectivity index (χ0v) is 14.0. The first kappa shape index (κ1) is 20.5. The van der Waals surface area contributed by atoms with Crippen LogP contribution in [0.5, 0.6) is 0 Å². The van der Waals surface area contributed by atoms with Gasteiger partial charge in [-0.2, -0.15) is 0 Å². The van der Waals surface area contributed by atoms with E-state index in [1.165, 1.54) is 0 Å². The van der Waals surface area contributed by atoms with Gasteiger partial charge in [-0.25, -0.2) is 0 Å². The molecule has 7 nitrogen and oxygen atoms in total. The zero-order valence-electron chi connectivity index (χ0n) is 14.0. The maximum atomic E-state index is 11.8. The largest absolute Gasteiger partial charge is 0.480 e. The lowest BCUT2D eigenvalue weighted by Crippen LogP contribution is -2.37. The zero-order chi connectivity index (χ0) is 17.3. The fourth-order valence-corrected chi connectivity index (χ4v) is 1.83. The van der Waals surface area contributed by atoms with Crippen molar-refractivity contribution in [1.82, 2.24) is 10.2 Å². The van der Waals surface area contributed by atoms with Gasteiger partial charge in [0.05, 0.1) is 6.04 Å². The molecule has 0 rings (SSSR count). The van der Waals surface area contributed by atoms with Crippen LogP contribution in [0.2, 0.25) is 0 Å². The lowest BCUT2D eigenvalue weighted by atomic mass is 10.0. The number of carbonyl (C=O) groups excluding carboxylic acids is 2. The number of nitrogens with two attached hydrogens (primary N) is 1. The fourth-order valence-electron chi connectivity index (χ4n) is 1.83. The number of unbranched alkanes of at least 4 members (excludes halogenated alkanes) is 1. The summed E-state index contributed by atoms with van der Waals surface area (Å²) in [6, 6.07) is -1.05. The van der Waals surface area contributed by atoms with Crippen LogP contribution in [-0.4, -0.2) is 59.9 Å². The van der Waals surface area contributed by atoms with Crippen LogP contribution in [-0.2, 0) is 14.4 Å². The molecule has 0 heterocycles. The monoisotopic (exact) mass is 315 g/mol. The first-order valence-electron chi connectivity index (χ1n) is 7.65. The topological polar surface area (TPSA) is 113 Å². The molecule has 0 aliphatic heterocycles. The number of hydrogen-bond acceptors (Lipinski definition) is 5. The number of carboxylic acid groups (broad SMARTS) is 1. The molecule has 0 fully saturated rings. The molecule has 0 bridgehead atoms. The number of aliphatic carboxylic acids is 1. The van der Waals surface area contributed by atoms with Crippen molar-refractivity contribution in [2.24, 2.45) is 11.7 Å². The van der Waals surface area contributed by atoms with Crippen LogP contribution in [0.25, 0.3) is 0 Å². The third-order valence-corrected chi connectivity index (χ3v) is 3.72. The summed E-state index contributed by atoms with van der Waals surface area (Å²) in [4.78, 5) is 35.8. The molecular formula is C15H29N3O4. The average molecular weight is 315 g/mol. The molecule has 0 saturated heterocycles. The Morgan fingerprint density at radius 2 is 1.77 bits per heavy atom. The molecule has 3 atom stereocenters. The van der Waals surface area contributed by atoms with Crippen LogP contribution in [0.4, 0.5) is 0 Å². The van der Waals surface area contributed by atoms with Crippen LogP contribution in [0.3, 0.4) is 0 Å². The molecule has 22 heavy (non-hydrogen) atoms. The van der Waals surface area contributed by atoms with Crippen molar-refractivity contribution < 1.29 is 19.5 Å². The SMILES string of the molecule is CC(N)C(=O)CC(C)C(=O)NCCCCN(C)C(C)C(=O)O. The normalized spacial score (nSPS) is 15.2. The second-order valence-electron chi connectivity index (χ2n) is 5.85. The van der Waals surface area contributed by atoms with E-state index in [-0.39, 0.29) is 24.0 Å². The van der Waals surface area contributed by atoms with Crippen LogP contribution in [0, 0.1) is 5.92 Å². The number of carbonyl (C=O) groups is 3. The van der Waals surface area contributed by atoms with Crippen molar-refractivity contribution in [1.29, 1.82) is 0 Å². The predicted molar refractivity (Wildman–Crippen MR) is 84.4 cm³/mol. The van der Waals surface area contributed by atoms with Gasteiger partial charge in [-0.05, 0) is 40.3 Å². The molecule has 0 aromatic carbocycles. The van der Waals surface area contributed by atoms with Gasteiger partial charge in [-0.1, -0.05) is 6.92 Å². The van der Waals surface area contributed by atoms with Crippen LogP contribution in [0.1, 0.15) is 40.0 Å². The Kier molecular flexibility index (Phi) is 9.60. The number of likely N-dealkylation sites (N-methyl/N-ethyl adjacent to an activating group) is 1. The summed E-state index contributed by atoms with van der Waals surface area (Å²) in [6.07, 6.45) is 1.71. The first-order valence-corrected chi connectivity index (χ1v) is 7.65. The second-order valence-corrected chi connectivity index (χ2v) is 5.85. The van der Waals surface area contributed by atoms with Gasteiger partial charge in [0, 0.05) is 18.9 Å². The summed E-state index contributed by atoms with van der Waals surface area (Å²) in [5.41, 5.74) is 5.47. The number of ketones is 1. The van der Waals surface area contributed by atoms with Crippen molar-refractivity contribution in [3.05, 3.63) is 0 Å². The van der Waals surface area contributed by atoms with Gasteiger partial charge in [0.15, 0.2) is 0 Å². The lowest BCUT2D eigenvalue weighted by molar-refractivity contribution is -0.142. The fraction of sp³-hybridized carbons (Fsp3) is 0.800. The number of Topliss-reactive ketones (excluding diaryl/α,β-unsaturated/α-hetero) is 1. The van der Waals surface area contributed by atoms with Gasteiger partial charge in [0.25, 0.3) is 0 Å². The molecule has 0 saturated carbocycles. The predicted octanol–water partition coefficient (Wildman–Crippen LogP) is 0.230. The third-order valence-electron chi connectivity index (χ3n) is 3.72. The van der Waals surface area contributed by atoms with Gasteiger partial charge in [0.1, 0.15) is 11.8 Å². The third kappa shape index (κ3) is 8.09. The summed E-state index contributed by atoms with van der Waals surface area (Å²) < 4.78 is 0. The van der Waals surface area contributed by atoms with E-state index >= 15 is 0 Å². The summed E-state index contributed by atoms with van der Waals surface area (Å²) in [5.74, 6) is -1.50. The Bertz CT molecular complexity index is 385. The summed E-state index contributed by atoms with van der Waals surface area (Å²) in [6.45, 7) is 6.13. The maximum Gasteiger partial charge on any atom is 0.320 e. The average Bonchev–Trinajstić information content (AvgIpc) is 2.44. The molecule has 1 amide bonds. The van der Waals surface area contributed by atoms with Gasteiger partial charge in [-0.3, -0.25) is 19.3 Å². The highest BCUT2D eigenvalue weighted by Crippen LogP contribution is 2.05. The molecule has 0 aromatic heterocycles. The van der Waals surface area contributed by atoms with Crippen LogP contribution >= 0.6 is 0 Å². The molecule has 0 aliphatic carbocycles. The Hall–Kier alpha value is -1.47. The molecule has 128 valence electrons. The van der Waals surface area contributed by atoms with E-state index in [4.69, 9.17) is 10.8 Å². The molecule has 0 aromatic rings. The molecule has 4 N–H and O–H groups in total. The van der Waals surface area contributed by atoms with Crippen molar-refractivity contribution in [3.8, 4) is 0 Å². The van der Waals surface area contributed by atoms with Crippen molar-refractivity contribution >= 4 is 17.7 Å². The van der Waals surface area contributed by atoms with E-state index in [9.17, 15) is 14.4 Å². The van der Waals surface area contributed by atoms with E-state index in [1.807, 2.05) is 0 Å². The van der Waals surface area contributed by atoms with E-state index in [2.05, 4.69) is 5.32 Å². The number of nitrogens with zero attached hydrogens (tertiary/aromatic N) is 1. The number of hydrogen-bond donors (Lipinski definition) is 3. The number of amides is 1. The lowest BCUT2D eigenvalue weighted by Gasteiger charge is -2.20. The van der Waals surface area contributed by atoms with Crippen molar-refractivity contribution in [3.63, 3.8) is 0 Å². The minimum atomic E-state index is -0.844. The van der Waals surface area contributed by atoms with Crippen LogP contribution < -0.4 is 11.1 Å². The molecule has 0 spiro atoms. The molecular weight excluding hydrogens is 286 g/mol. The minimum absolute atomic E-state index is 0.119. The summed E-state index contributed by atoms with van der Waals surface area (Å²) in [7, 11) is 1.76. The van der Waals surface area contributed by atoms with Crippen molar-refractivity contribution in [2.75, 3.05) is 20.1 Å². The van der Waals surface area contributed by atoms with Gasteiger partial charge in [0.2, 0.25) is 5.91 Å². The highest BCUT2D eigenvalue weighted by Gasteiger charge is 2.19. The minimum Gasteiger partial charge on any atom is -0.480 e. The number of nitrogens with one attached hydrogen (secondary N) is 1. The Morgan fingerprint density at radius 3 is 2.27 bits per heavy atom. The highest BCUT2D eigenvalue weighted by molar-refractivity contribution is 5.89.